The number of fused-ring (bicyclic) bond motifs is 2. The highest BCUT2D eigenvalue weighted by atomic mass is 35.5. The topological polar surface area (TPSA) is 108 Å². The summed E-state index contributed by atoms with van der Waals surface area (Å²) in [6, 6.07) is 44.5. The Labute approximate surface area is 399 Å². The molecule has 4 aromatic carbocycles. The van der Waals surface area contributed by atoms with Crippen molar-refractivity contribution in [1.29, 1.82) is 0 Å². The molecule has 1 aliphatic heterocycles. The van der Waals surface area contributed by atoms with E-state index in [-0.39, 0.29) is 11.8 Å². The average molecular weight is 931 g/mol. The predicted molar refractivity (Wildman–Crippen MR) is 265 cm³/mol. The van der Waals surface area contributed by atoms with Crippen LogP contribution in [0.15, 0.2) is 163 Å². The van der Waals surface area contributed by atoms with Crippen LogP contribution in [0.1, 0.15) is 21.9 Å². The maximum Gasteiger partial charge on any atom is 0.275 e. The highest BCUT2D eigenvalue weighted by Crippen LogP contribution is 2.31. The second kappa shape index (κ2) is 20.2. The second-order valence-electron chi connectivity index (χ2n) is 16.8. The van der Waals surface area contributed by atoms with Crippen molar-refractivity contribution in [2.45, 2.75) is 13.1 Å². The Morgan fingerprint density at radius 2 is 1.09 bits per heavy atom. The minimum Gasteiger partial charge on any atom is -0.451 e. The maximum absolute atomic E-state index is 12.7. The van der Waals surface area contributed by atoms with Crippen LogP contribution in [0.5, 0.6) is 0 Å². The van der Waals surface area contributed by atoms with Gasteiger partial charge in [0.2, 0.25) is 5.91 Å². The molecular weight excluding hydrogens is 882 g/mol. The van der Waals surface area contributed by atoms with E-state index >= 15 is 0 Å². The minimum absolute atomic E-state index is 0.0642. The average Bonchev–Trinajstić information content (AvgIpc) is 4.11. The predicted octanol–water partition coefficient (Wildman–Crippen LogP) is 10.1. The zero-order valence-corrected chi connectivity index (χ0v) is 39.0. The molecule has 10 rings (SSSR count). The number of likely N-dealkylation sites (N-methyl/N-ethyl adjacent to an activating group) is 2. The van der Waals surface area contributed by atoms with Gasteiger partial charge in [-0.25, -0.2) is 15.0 Å². The summed E-state index contributed by atoms with van der Waals surface area (Å²) in [5.74, 6) is -0.0260. The number of pyridine rings is 2. The number of piperazine rings is 1. The van der Waals surface area contributed by atoms with E-state index in [2.05, 4.69) is 73.5 Å². The molecule has 1 fully saturated rings. The van der Waals surface area contributed by atoms with Crippen LogP contribution in [-0.2, 0) is 17.9 Å². The molecule has 0 spiro atoms. The number of hydrogen-bond acceptors (Lipinski definition) is 8. The molecule has 5 aromatic heterocycles. The molecule has 0 atom stereocenters. The highest BCUT2D eigenvalue weighted by Gasteiger charge is 2.26. The van der Waals surface area contributed by atoms with Crippen molar-refractivity contribution in [2.24, 2.45) is 0 Å². The number of aromatic nitrogens is 5. The van der Waals surface area contributed by atoms with Gasteiger partial charge in [-0.2, -0.15) is 0 Å². The number of nitrogens with zero attached hydrogens (tertiary/aromatic N) is 9. The smallest absolute Gasteiger partial charge is 0.275 e. The van der Waals surface area contributed by atoms with Crippen molar-refractivity contribution in [1.82, 2.24) is 43.4 Å². The summed E-state index contributed by atoms with van der Waals surface area (Å²) in [5.41, 5.74) is 12.7. The van der Waals surface area contributed by atoms with Crippen molar-refractivity contribution >= 4 is 46.3 Å². The van der Waals surface area contributed by atoms with Gasteiger partial charge in [0.05, 0.1) is 29.3 Å². The number of amides is 2. The summed E-state index contributed by atoms with van der Waals surface area (Å²) < 4.78 is 9.30. The maximum atomic E-state index is 12.7. The Bertz CT molecular complexity index is 3110. The summed E-state index contributed by atoms with van der Waals surface area (Å²) in [5, 5.41) is 1.39. The summed E-state index contributed by atoms with van der Waals surface area (Å²) in [6.07, 6.45) is 6.97. The van der Waals surface area contributed by atoms with E-state index in [1.54, 1.807) is 19.0 Å². The number of halogens is 2. The van der Waals surface area contributed by atoms with Gasteiger partial charge >= 0.3 is 0 Å². The quantitative estimate of drug-likeness (QED) is 0.126. The first-order valence-corrected chi connectivity index (χ1v) is 22.8. The van der Waals surface area contributed by atoms with Gasteiger partial charge in [0.25, 0.3) is 5.91 Å². The van der Waals surface area contributed by atoms with Crippen molar-refractivity contribution in [2.75, 3.05) is 53.9 Å². The summed E-state index contributed by atoms with van der Waals surface area (Å²) in [4.78, 5) is 46.6. The lowest BCUT2D eigenvalue weighted by Gasteiger charge is -2.34. The van der Waals surface area contributed by atoms with Gasteiger partial charge in [0, 0.05) is 86.9 Å². The standard InChI is InChI=1S/C28H24ClN5O2.C25H25ClN4O/c29-23-9-6-21(7-10-23)27-25(17-32-12-14-33(15-13-32)28(35)24-18-36-19-30-24)34-16-22(8-11-26(34)31-27)20-4-2-1-3-5-20;1-28(2)24(31)17-29(3)16-22-25(19-9-12-21(26)13-10-19)27-23-14-11-20(15-30(22)23)18-7-5-4-6-8-18/h1-11,16,18-19H,12-15,17H2;4-15H,16-17H2,1-3H3. The number of hydrogen-bond donors (Lipinski definition) is 0. The van der Waals surface area contributed by atoms with E-state index in [1.165, 1.54) is 12.7 Å². The van der Waals surface area contributed by atoms with E-state index in [4.69, 9.17) is 37.6 Å². The van der Waals surface area contributed by atoms with Gasteiger partial charge in [-0.3, -0.25) is 19.4 Å². The Morgan fingerprint density at radius 3 is 1.58 bits per heavy atom. The van der Waals surface area contributed by atoms with Crippen LogP contribution in [0, 0.1) is 0 Å². The van der Waals surface area contributed by atoms with Gasteiger partial charge in [-0.1, -0.05) is 108 Å². The molecule has 1 aliphatic rings. The molecule has 338 valence electrons. The van der Waals surface area contributed by atoms with Gasteiger partial charge in [0.15, 0.2) is 12.1 Å². The third-order valence-electron chi connectivity index (χ3n) is 11.9. The lowest BCUT2D eigenvalue weighted by Crippen LogP contribution is -2.48. The fourth-order valence-corrected chi connectivity index (χ4v) is 8.51. The van der Waals surface area contributed by atoms with Gasteiger partial charge in [-0.05, 0) is 77.8 Å². The first kappa shape index (κ1) is 45.1. The summed E-state index contributed by atoms with van der Waals surface area (Å²) in [7, 11) is 5.50. The summed E-state index contributed by atoms with van der Waals surface area (Å²) in [6.45, 7) is 4.41. The van der Waals surface area contributed by atoms with Crippen LogP contribution in [0.25, 0.3) is 56.1 Å². The molecule has 0 radical (unpaired) electrons. The van der Waals surface area contributed by atoms with E-state index in [1.807, 2.05) is 108 Å². The molecule has 9 aromatic rings. The van der Waals surface area contributed by atoms with Crippen LogP contribution >= 0.6 is 23.2 Å². The molecule has 0 aliphatic carbocycles. The number of carbonyl (C=O) groups is 2. The van der Waals surface area contributed by atoms with E-state index in [0.717, 1.165) is 80.5 Å². The van der Waals surface area contributed by atoms with Crippen LogP contribution in [-0.4, -0.2) is 109 Å². The first-order chi connectivity index (χ1) is 32.6. The number of imidazole rings is 2. The first-order valence-electron chi connectivity index (χ1n) is 22.0. The van der Waals surface area contributed by atoms with Crippen molar-refractivity contribution in [3.05, 3.63) is 186 Å². The Morgan fingerprint density at radius 1 is 0.597 bits per heavy atom. The molecule has 6 heterocycles. The number of rotatable bonds is 11. The van der Waals surface area contributed by atoms with E-state index in [9.17, 15) is 9.59 Å². The Balaban J connectivity index is 0.000000170. The lowest BCUT2D eigenvalue weighted by molar-refractivity contribution is -0.129. The molecular formula is C53H49Cl2N9O3. The zero-order valence-electron chi connectivity index (χ0n) is 37.5. The van der Waals surface area contributed by atoms with Crippen molar-refractivity contribution in [3.8, 4) is 44.8 Å². The minimum atomic E-state index is -0.0902. The van der Waals surface area contributed by atoms with Crippen LogP contribution in [0.2, 0.25) is 10.0 Å². The number of benzene rings is 4. The fourth-order valence-electron chi connectivity index (χ4n) is 8.25. The van der Waals surface area contributed by atoms with Crippen LogP contribution in [0.3, 0.4) is 0 Å². The molecule has 0 bridgehead atoms. The van der Waals surface area contributed by atoms with Crippen LogP contribution < -0.4 is 0 Å². The molecule has 0 unspecified atom stereocenters. The normalized spacial score (nSPS) is 13.0. The molecule has 14 heteroatoms. The monoisotopic (exact) mass is 929 g/mol. The van der Waals surface area contributed by atoms with Crippen molar-refractivity contribution < 1.29 is 14.0 Å². The van der Waals surface area contributed by atoms with Crippen molar-refractivity contribution in [3.63, 3.8) is 0 Å². The molecule has 2 amide bonds. The second-order valence-corrected chi connectivity index (χ2v) is 17.6. The fraction of sp³-hybridized carbons (Fsp3) is 0.189. The largest absolute Gasteiger partial charge is 0.451 e. The van der Waals surface area contributed by atoms with Gasteiger partial charge in [0.1, 0.15) is 17.6 Å². The number of carbonyl (C=O) groups excluding carboxylic acids is 2. The SMILES string of the molecule is CN(CC(=O)N(C)C)Cc1c(-c2ccc(Cl)cc2)nc2ccc(-c3ccccc3)cn12.O=C(c1cocn1)N1CCN(Cc2c(-c3ccc(Cl)cc3)nc3ccc(-c4ccccc4)cn23)CC1. The van der Waals surface area contributed by atoms with Gasteiger partial charge in [-0.15, -0.1) is 0 Å². The third kappa shape index (κ3) is 10.3. The molecule has 1 saturated heterocycles. The van der Waals surface area contributed by atoms with Crippen LogP contribution in [0.4, 0.5) is 0 Å². The summed E-state index contributed by atoms with van der Waals surface area (Å²) >= 11 is 12.3. The molecule has 67 heavy (non-hydrogen) atoms. The Kier molecular flexibility index (Phi) is 13.6. The zero-order chi connectivity index (χ0) is 46.4. The molecule has 12 nitrogen and oxygen atoms in total. The van der Waals surface area contributed by atoms with E-state index in [0.29, 0.717) is 48.5 Å². The van der Waals surface area contributed by atoms with E-state index < -0.39 is 0 Å². The van der Waals surface area contributed by atoms with Gasteiger partial charge < -0.3 is 23.0 Å². The number of oxazole rings is 1. The highest BCUT2D eigenvalue weighted by molar-refractivity contribution is 6.31. The Hall–Kier alpha value is -7.09. The molecule has 0 saturated carbocycles. The lowest BCUT2D eigenvalue weighted by atomic mass is 10.1. The third-order valence-corrected chi connectivity index (χ3v) is 12.4. The molecule has 0 N–H and O–H groups in total.